The first kappa shape index (κ1) is 46.4. The van der Waals surface area contributed by atoms with E-state index in [0.29, 0.717) is 25.9 Å². The lowest BCUT2D eigenvalue weighted by molar-refractivity contribution is -0.116. The first-order valence-electron chi connectivity index (χ1n) is 20.9. The number of halogens is 1. The maximum absolute atomic E-state index is 15.2. The third-order valence-electron chi connectivity index (χ3n) is 12.6. The number of nitrogens with zero attached hydrogens (tertiary/aromatic N) is 1. The van der Waals surface area contributed by atoms with Gasteiger partial charge >= 0.3 is 11.8 Å². The van der Waals surface area contributed by atoms with E-state index in [1.807, 2.05) is 0 Å². The number of aliphatic hydroxyl groups excluding tert-OH is 3. The summed E-state index contributed by atoms with van der Waals surface area (Å²) in [6.07, 6.45) is 5.50. The first-order chi connectivity index (χ1) is 29.3. The molecule has 9 atom stereocenters. The maximum atomic E-state index is 15.2. The van der Waals surface area contributed by atoms with Crippen LogP contribution < -0.4 is 14.8 Å². The van der Waals surface area contributed by atoms with Gasteiger partial charge in [-0.1, -0.05) is 69.7 Å². The Morgan fingerprint density at radius 2 is 1.52 bits per heavy atom. The number of carbonyl (C=O) groups excluding carboxylic acids is 5. The number of hydrogen-bond acceptors (Lipinski definition) is 13. The van der Waals surface area contributed by atoms with Gasteiger partial charge in [0.1, 0.15) is 22.9 Å². The maximum Gasteiger partial charge on any atom is 0.345 e. The molecule has 1 saturated heterocycles. The molecule has 1 aliphatic carbocycles. The van der Waals surface area contributed by atoms with Crippen LogP contribution >= 0.6 is 11.6 Å². The number of methoxy groups -OCH3 is 1. The van der Waals surface area contributed by atoms with Gasteiger partial charge in [-0.2, -0.15) is 0 Å². The van der Waals surface area contributed by atoms with Gasteiger partial charge in [0.2, 0.25) is 11.6 Å². The highest BCUT2D eigenvalue weighted by atomic mass is 35.5. The fraction of sp³-hybridized carbons (Fsp3) is 0.468. The third kappa shape index (κ3) is 8.63. The number of benzene rings is 2. The number of allylic oxidation sites excluding steroid dienone is 4. The van der Waals surface area contributed by atoms with Crippen molar-refractivity contribution in [1.82, 2.24) is 10.2 Å². The van der Waals surface area contributed by atoms with E-state index in [9.17, 15) is 29.7 Å². The lowest BCUT2D eigenvalue weighted by atomic mass is 9.78. The summed E-state index contributed by atoms with van der Waals surface area (Å²) in [6, 6.07) is 6.10. The number of hydrogen-bond donors (Lipinski definition) is 4. The van der Waals surface area contributed by atoms with Gasteiger partial charge in [0, 0.05) is 61.9 Å². The molecule has 1 amide bonds. The molecule has 5 bridgehead atoms. The summed E-state index contributed by atoms with van der Waals surface area (Å²) in [5, 5.41) is 36.8. The number of amides is 1. The van der Waals surface area contributed by atoms with Crippen LogP contribution in [-0.2, 0) is 14.3 Å². The molecule has 15 heteroatoms. The molecule has 4 heterocycles. The number of esters is 1. The lowest BCUT2D eigenvalue weighted by Gasteiger charge is -2.36. The Labute approximate surface area is 366 Å². The normalized spacial score (nSPS) is 29.9. The second-order valence-electron chi connectivity index (χ2n) is 16.8. The molecule has 4 N–H and O–H groups in total. The zero-order valence-electron chi connectivity index (χ0n) is 36.2. The van der Waals surface area contributed by atoms with Crippen molar-refractivity contribution in [2.45, 2.75) is 97.9 Å². The van der Waals surface area contributed by atoms with E-state index < -0.39 is 88.7 Å². The molecule has 332 valence electrons. The van der Waals surface area contributed by atoms with E-state index in [1.54, 1.807) is 56.9 Å². The van der Waals surface area contributed by atoms with Gasteiger partial charge in [-0.15, -0.1) is 0 Å². The molecular weight excluding hydrogens is 820 g/mol. The van der Waals surface area contributed by atoms with Crippen LogP contribution in [0, 0.1) is 30.6 Å². The summed E-state index contributed by atoms with van der Waals surface area (Å²) >= 11 is 6.37. The van der Waals surface area contributed by atoms with E-state index in [4.69, 9.17) is 30.5 Å². The van der Waals surface area contributed by atoms with Crippen molar-refractivity contribution >= 4 is 40.8 Å². The number of rotatable bonds is 4. The molecule has 0 radical (unpaired) electrons. The molecule has 0 saturated carbocycles. The fourth-order valence-corrected chi connectivity index (χ4v) is 8.81. The van der Waals surface area contributed by atoms with E-state index in [2.05, 4.69) is 5.32 Å². The summed E-state index contributed by atoms with van der Waals surface area (Å²) in [4.78, 5) is 74.5. The van der Waals surface area contributed by atoms with Crippen LogP contribution in [0.1, 0.15) is 108 Å². The minimum atomic E-state index is -2.12. The first-order valence-corrected chi connectivity index (χ1v) is 21.3. The van der Waals surface area contributed by atoms with Gasteiger partial charge in [-0.05, 0) is 51.3 Å². The van der Waals surface area contributed by atoms with E-state index >= 15 is 9.59 Å². The number of nitrogens with one attached hydrogen (secondary N) is 1. The van der Waals surface area contributed by atoms with Crippen molar-refractivity contribution in [3.63, 3.8) is 0 Å². The average Bonchev–Trinajstić information content (AvgIpc) is 3.52. The van der Waals surface area contributed by atoms with Crippen molar-refractivity contribution in [3.05, 3.63) is 105 Å². The third-order valence-corrected chi connectivity index (χ3v) is 12.9. The Balaban J connectivity index is 1.56. The summed E-state index contributed by atoms with van der Waals surface area (Å²) in [5.41, 5.74) is -1.42. The number of carbonyl (C=O) groups is 5. The summed E-state index contributed by atoms with van der Waals surface area (Å²) in [5.74, 6) is -9.35. The number of Topliss-reactive ketones (excluding diaryl/α,β-unsaturated/α-hetero) is 3. The number of aliphatic hydroxyl groups is 3. The molecule has 14 nitrogen and oxygen atoms in total. The van der Waals surface area contributed by atoms with Gasteiger partial charge < -0.3 is 44.5 Å². The van der Waals surface area contributed by atoms with Gasteiger partial charge in [-0.25, -0.2) is 4.79 Å². The monoisotopic (exact) mass is 874 g/mol. The van der Waals surface area contributed by atoms with Gasteiger partial charge in [0.15, 0.2) is 0 Å². The number of likely N-dealkylation sites (tertiary alicyclic amines) is 1. The van der Waals surface area contributed by atoms with Crippen LogP contribution in [0.15, 0.2) is 71.8 Å². The Morgan fingerprint density at radius 1 is 0.871 bits per heavy atom. The van der Waals surface area contributed by atoms with E-state index in [-0.39, 0.29) is 55.7 Å². The minimum Gasteiger partial charge on any atom is -0.454 e. The molecule has 0 aromatic heterocycles. The quantitative estimate of drug-likeness (QED) is 0.205. The Morgan fingerprint density at radius 3 is 2.18 bits per heavy atom. The fourth-order valence-electron chi connectivity index (χ4n) is 8.59. The summed E-state index contributed by atoms with van der Waals surface area (Å²) < 4.78 is 23.9. The predicted octanol–water partition coefficient (Wildman–Crippen LogP) is 6.04. The molecule has 0 spiro atoms. The number of piperidine rings is 1. The molecule has 2 aromatic carbocycles. The van der Waals surface area contributed by atoms with Crippen LogP contribution in [0.25, 0.3) is 0 Å². The largest absolute Gasteiger partial charge is 0.454 e. The number of ketones is 3. The van der Waals surface area contributed by atoms with Crippen LogP contribution in [-0.4, -0.2) is 99.8 Å². The SMILES string of the molecule is COC1C=COC2(C)Oc3c(C)c(OC(=O)c4ccccc4Cl)c4c(c3C2=O)C(=O)C(N2CCCCC2)=C(NC(=O)C(C)=CC=CC(C)C(O)C(C)C(O)C(C)C(O)C1C)C4=O. The second kappa shape index (κ2) is 18.7. The smallest absolute Gasteiger partial charge is 0.345 e. The van der Waals surface area contributed by atoms with Crippen molar-refractivity contribution in [1.29, 1.82) is 0 Å². The molecule has 9 unspecified atom stereocenters. The molecule has 5 aliphatic rings. The topological polar surface area (TPSA) is 198 Å². The molecule has 4 aliphatic heterocycles. The highest BCUT2D eigenvalue weighted by molar-refractivity contribution is 6.34. The molecule has 1 fully saturated rings. The standard InChI is InChI=1S/C47H55ClN2O12/c1-23-15-14-16-24(2)45(57)49-35-36(50-20-12-9-13-21-50)41(55)32-33(40(35)54)42(61-46(58)29-17-10-11-18-30(29)48)28(6)43-34(32)44(56)47(7,62-43)60-22-19-31(59-8)25(3)38(52)27(5)39(53)26(4)37(23)51/h10-11,14-19,22-23,25-27,31,37-39,51-53H,9,12-13,20-21H2,1-8H3,(H,49,57). The lowest BCUT2D eigenvalue weighted by Crippen LogP contribution is -2.45. The molecule has 7 rings (SSSR count). The Hall–Kier alpha value is -5.12. The van der Waals surface area contributed by atoms with Crippen LogP contribution in [0.3, 0.4) is 0 Å². The van der Waals surface area contributed by atoms with E-state index in [0.717, 1.165) is 6.42 Å². The van der Waals surface area contributed by atoms with Crippen molar-refractivity contribution in [3.8, 4) is 11.5 Å². The summed E-state index contributed by atoms with van der Waals surface area (Å²) in [6.45, 7) is 11.9. The van der Waals surface area contributed by atoms with Crippen LogP contribution in [0.5, 0.6) is 11.5 Å². The van der Waals surface area contributed by atoms with E-state index in [1.165, 1.54) is 58.4 Å². The number of fused-ring (bicyclic) bond motifs is 14. The number of ether oxygens (including phenoxy) is 4. The van der Waals surface area contributed by atoms with Gasteiger partial charge in [-0.3, -0.25) is 19.2 Å². The summed E-state index contributed by atoms with van der Waals surface area (Å²) in [7, 11) is 1.42. The zero-order valence-corrected chi connectivity index (χ0v) is 36.9. The molecular formula is C47H55ClN2O12. The van der Waals surface area contributed by atoms with Crippen molar-refractivity contribution in [2.24, 2.45) is 23.7 Å². The Kier molecular flexibility index (Phi) is 14.0. The molecule has 2 aromatic rings. The second-order valence-corrected chi connectivity index (χ2v) is 17.2. The van der Waals surface area contributed by atoms with Crippen LogP contribution in [0.4, 0.5) is 0 Å². The Bertz CT molecular complexity index is 2280. The predicted molar refractivity (Wildman–Crippen MR) is 229 cm³/mol. The highest BCUT2D eigenvalue weighted by Gasteiger charge is 2.53. The van der Waals surface area contributed by atoms with Gasteiger partial charge in [0.05, 0.1) is 58.0 Å². The van der Waals surface area contributed by atoms with Gasteiger partial charge in [0.25, 0.3) is 11.7 Å². The average molecular weight is 875 g/mol. The zero-order chi connectivity index (χ0) is 45.4. The molecule has 62 heavy (non-hydrogen) atoms. The highest BCUT2D eigenvalue weighted by Crippen LogP contribution is 2.50. The van der Waals surface area contributed by atoms with Crippen molar-refractivity contribution < 1.29 is 58.2 Å². The van der Waals surface area contributed by atoms with Crippen LogP contribution in [0.2, 0.25) is 5.02 Å². The minimum absolute atomic E-state index is 0.0217. The van der Waals surface area contributed by atoms with Crippen molar-refractivity contribution in [2.75, 3.05) is 20.2 Å².